The van der Waals surface area contributed by atoms with Crippen LogP contribution in [0.1, 0.15) is 54.7 Å². The molecule has 0 aromatic carbocycles. The van der Waals surface area contributed by atoms with Gasteiger partial charge in [-0.25, -0.2) is 0 Å². The van der Waals surface area contributed by atoms with E-state index < -0.39 is 0 Å². The van der Waals surface area contributed by atoms with E-state index in [2.05, 4.69) is 10.2 Å². The number of carbonyl (C=O) groups is 1. The van der Waals surface area contributed by atoms with Crippen molar-refractivity contribution < 1.29 is 4.79 Å². The number of nitrogens with one attached hydrogen (secondary N) is 1. The number of hydrogen-bond acceptors (Lipinski definition) is 3. The molecule has 1 aromatic heterocycles. The minimum absolute atomic E-state index is 0.0188. The van der Waals surface area contributed by atoms with Gasteiger partial charge in [0.05, 0.1) is 11.4 Å². The summed E-state index contributed by atoms with van der Waals surface area (Å²) in [4.78, 5) is 14.3. The highest BCUT2D eigenvalue weighted by molar-refractivity contribution is 5.97. The highest BCUT2D eigenvalue weighted by atomic mass is 16.2. The summed E-state index contributed by atoms with van der Waals surface area (Å²) in [5.74, 6) is -0.0188. The summed E-state index contributed by atoms with van der Waals surface area (Å²) in [7, 11) is 0. The monoisotopic (exact) mass is 262 g/mol. The van der Waals surface area contributed by atoms with Gasteiger partial charge in [0, 0.05) is 13.1 Å². The Hall–Kier alpha value is -1.52. The second-order valence-corrected chi connectivity index (χ2v) is 6.11. The highest BCUT2D eigenvalue weighted by Gasteiger charge is 2.38. The molecule has 3 N–H and O–H groups in total. The van der Waals surface area contributed by atoms with Crippen molar-refractivity contribution >= 4 is 11.6 Å². The van der Waals surface area contributed by atoms with Gasteiger partial charge in [-0.1, -0.05) is 12.8 Å². The first-order valence-corrected chi connectivity index (χ1v) is 7.21. The molecule has 2 aliphatic rings. The third kappa shape index (κ3) is 2.11. The lowest BCUT2D eigenvalue weighted by atomic mass is 9.77. The highest BCUT2D eigenvalue weighted by Crippen LogP contribution is 2.46. The number of aromatic nitrogens is 2. The number of H-pyrrole nitrogens is 1. The zero-order valence-electron chi connectivity index (χ0n) is 11.5. The fourth-order valence-corrected chi connectivity index (χ4v) is 3.56. The quantitative estimate of drug-likeness (QED) is 0.813. The molecule has 5 nitrogen and oxygen atoms in total. The van der Waals surface area contributed by atoms with Gasteiger partial charge in [0.25, 0.3) is 5.91 Å². The number of nitrogens with two attached hydrogens (primary N) is 1. The summed E-state index contributed by atoms with van der Waals surface area (Å²) < 4.78 is 0. The first-order chi connectivity index (χ1) is 9.11. The Bertz CT molecular complexity index is 478. The van der Waals surface area contributed by atoms with E-state index in [1.54, 1.807) is 0 Å². The fourth-order valence-electron chi connectivity index (χ4n) is 3.56. The number of piperidine rings is 1. The average Bonchev–Trinajstić information content (AvgIpc) is 2.99. The van der Waals surface area contributed by atoms with E-state index >= 15 is 0 Å². The summed E-state index contributed by atoms with van der Waals surface area (Å²) in [6.07, 6.45) is 7.69. The topological polar surface area (TPSA) is 75.0 Å². The number of amides is 1. The van der Waals surface area contributed by atoms with Crippen LogP contribution >= 0.6 is 0 Å². The fraction of sp³-hybridized carbons (Fsp3) is 0.714. The van der Waals surface area contributed by atoms with E-state index in [0.29, 0.717) is 16.8 Å². The van der Waals surface area contributed by atoms with Gasteiger partial charge >= 0.3 is 0 Å². The van der Waals surface area contributed by atoms with Crippen LogP contribution in [0.3, 0.4) is 0 Å². The van der Waals surface area contributed by atoms with E-state index in [9.17, 15) is 4.79 Å². The maximum atomic E-state index is 12.4. The van der Waals surface area contributed by atoms with Crippen LogP contribution < -0.4 is 5.73 Å². The molecular formula is C14H22N4O. The van der Waals surface area contributed by atoms with Crippen LogP contribution in [-0.2, 0) is 0 Å². The Morgan fingerprint density at radius 1 is 1.26 bits per heavy atom. The summed E-state index contributed by atoms with van der Waals surface area (Å²) in [5, 5.41) is 6.82. The van der Waals surface area contributed by atoms with E-state index in [-0.39, 0.29) is 5.91 Å². The van der Waals surface area contributed by atoms with Crippen molar-refractivity contribution in [3.8, 4) is 0 Å². The molecule has 5 heteroatoms. The number of anilines is 1. The van der Waals surface area contributed by atoms with Crippen LogP contribution in [0.25, 0.3) is 0 Å². The molecule has 0 radical (unpaired) electrons. The molecule has 0 bridgehead atoms. The van der Waals surface area contributed by atoms with Crippen LogP contribution in [0.15, 0.2) is 0 Å². The maximum absolute atomic E-state index is 12.4. The molecule has 19 heavy (non-hydrogen) atoms. The Labute approximate surface area is 113 Å². The van der Waals surface area contributed by atoms with Gasteiger partial charge in [0.2, 0.25) is 0 Å². The van der Waals surface area contributed by atoms with Crippen molar-refractivity contribution in [2.24, 2.45) is 5.41 Å². The minimum Gasteiger partial charge on any atom is -0.395 e. The van der Waals surface area contributed by atoms with Gasteiger partial charge in [0.1, 0.15) is 0 Å². The maximum Gasteiger partial charge on any atom is 0.276 e. The molecule has 1 saturated carbocycles. The zero-order valence-corrected chi connectivity index (χ0v) is 11.5. The summed E-state index contributed by atoms with van der Waals surface area (Å²) in [6, 6.07) is 0. The van der Waals surface area contributed by atoms with Gasteiger partial charge in [-0.05, 0) is 38.0 Å². The van der Waals surface area contributed by atoms with Crippen molar-refractivity contribution in [1.29, 1.82) is 0 Å². The average molecular weight is 262 g/mol. The Morgan fingerprint density at radius 2 is 1.89 bits per heavy atom. The predicted molar refractivity (Wildman–Crippen MR) is 73.8 cm³/mol. The molecule has 1 spiro atoms. The lowest BCUT2D eigenvalue weighted by Crippen LogP contribution is -2.42. The van der Waals surface area contributed by atoms with Crippen molar-refractivity contribution in [1.82, 2.24) is 15.1 Å². The van der Waals surface area contributed by atoms with Crippen LogP contribution in [-0.4, -0.2) is 34.1 Å². The van der Waals surface area contributed by atoms with Crippen molar-refractivity contribution in [2.45, 2.75) is 45.4 Å². The zero-order chi connectivity index (χ0) is 13.5. The second-order valence-electron chi connectivity index (χ2n) is 6.11. The van der Waals surface area contributed by atoms with Gasteiger partial charge < -0.3 is 10.6 Å². The van der Waals surface area contributed by atoms with Crippen molar-refractivity contribution in [3.63, 3.8) is 0 Å². The number of aryl methyl sites for hydroxylation is 1. The van der Waals surface area contributed by atoms with Gasteiger partial charge in [0.15, 0.2) is 5.69 Å². The lowest BCUT2D eigenvalue weighted by Gasteiger charge is -2.39. The first kappa shape index (κ1) is 12.5. The molecule has 1 aliphatic heterocycles. The third-order valence-electron chi connectivity index (χ3n) is 4.97. The van der Waals surface area contributed by atoms with Crippen LogP contribution in [0.4, 0.5) is 5.69 Å². The molecular weight excluding hydrogens is 240 g/mol. The van der Waals surface area contributed by atoms with Gasteiger partial charge in [-0.2, -0.15) is 5.10 Å². The molecule has 104 valence electrons. The molecule has 2 fully saturated rings. The number of carbonyl (C=O) groups excluding carboxylic acids is 1. The molecule has 1 saturated heterocycles. The Morgan fingerprint density at radius 3 is 2.42 bits per heavy atom. The number of likely N-dealkylation sites (tertiary alicyclic amines) is 1. The number of hydrogen-bond donors (Lipinski definition) is 2. The Kier molecular flexibility index (Phi) is 2.99. The second kappa shape index (κ2) is 4.54. The molecule has 1 aromatic rings. The Balaban J connectivity index is 1.68. The molecule has 2 heterocycles. The van der Waals surface area contributed by atoms with E-state index in [4.69, 9.17) is 5.73 Å². The smallest absolute Gasteiger partial charge is 0.276 e. The van der Waals surface area contributed by atoms with Gasteiger partial charge in [-0.15, -0.1) is 0 Å². The van der Waals surface area contributed by atoms with E-state index in [1.165, 1.54) is 25.7 Å². The minimum atomic E-state index is -0.0188. The van der Waals surface area contributed by atoms with Gasteiger partial charge in [-0.3, -0.25) is 9.89 Å². The van der Waals surface area contributed by atoms with Crippen molar-refractivity contribution in [3.05, 3.63) is 11.4 Å². The molecule has 0 atom stereocenters. The van der Waals surface area contributed by atoms with E-state index in [1.807, 2.05) is 11.8 Å². The van der Waals surface area contributed by atoms with Crippen LogP contribution in [0, 0.1) is 12.3 Å². The summed E-state index contributed by atoms with van der Waals surface area (Å²) >= 11 is 0. The number of rotatable bonds is 1. The van der Waals surface area contributed by atoms with Crippen LogP contribution in [0.2, 0.25) is 0 Å². The van der Waals surface area contributed by atoms with E-state index in [0.717, 1.165) is 31.6 Å². The third-order valence-corrected chi connectivity index (χ3v) is 4.97. The van der Waals surface area contributed by atoms with Crippen molar-refractivity contribution in [2.75, 3.05) is 18.8 Å². The largest absolute Gasteiger partial charge is 0.395 e. The first-order valence-electron chi connectivity index (χ1n) is 7.21. The summed E-state index contributed by atoms with van der Waals surface area (Å²) in [6.45, 7) is 3.54. The SMILES string of the molecule is Cc1[nH]nc(C(=O)N2CCC3(CCCC3)CC2)c1N. The molecule has 1 aliphatic carbocycles. The standard InChI is InChI=1S/C14H22N4O/c1-10-11(15)12(17-16-10)13(19)18-8-6-14(7-9-18)4-2-3-5-14/h2-9,15H2,1H3,(H,16,17). The normalized spacial score (nSPS) is 22.1. The number of nitrogen functional groups attached to an aromatic ring is 1. The predicted octanol–water partition coefficient (Wildman–Crippen LogP) is 2.10. The number of nitrogens with zero attached hydrogens (tertiary/aromatic N) is 2. The molecule has 1 amide bonds. The van der Waals surface area contributed by atoms with Crippen LogP contribution in [0.5, 0.6) is 0 Å². The number of aromatic amines is 1. The molecule has 0 unspecified atom stereocenters. The molecule has 3 rings (SSSR count). The lowest BCUT2D eigenvalue weighted by molar-refractivity contribution is 0.0583. The summed E-state index contributed by atoms with van der Waals surface area (Å²) in [5.41, 5.74) is 8.07.